The lowest BCUT2D eigenvalue weighted by Gasteiger charge is -2.27. The van der Waals surface area contributed by atoms with Crippen LogP contribution in [-0.2, 0) is 11.2 Å². The molecule has 0 N–H and O–H groups in total. The Labute approximate surface area is 128 Å². The van der Waals surface area contributed by atoms with Gasteiger partial charge in [0.25, 0.3) is 0 Å². The molecular weight excluding hydrogens is 258 g/mol. The fourth-order valence-electron chi connectivity index (χ4n) is 3.95. The van der Waals surface area contributed by atoms with Gasteiger partial charge >= 0.3 is 0 Å². The van der Waals surface area contributed by atoms with Crippen LogP contribution < -0.4 is 0 Å². The Morgan fingerprint density at radius 1 is 1.19 bits per heavy atom. The Kier molecular flexibility index (Phi) is 4.42. The minimum absolute atomic E-state index is 0.345. The van der Waals surface area contributed by atoms with Crippen molar-refractivity contribution in [2.75, 3.05) is 0 Å². The third kappa shape index (κ3) is 3.20. The van der Waals surface area contributed by atoms with Crippen molar-refractivity contribution in [2.24, 2.45) is 17.8 Å². The van der Waals surface area contributed by atoms with E-state index in [1.807, 2.05) is 0 Å². The van der Waals surface area contributed by atoms with Crippen LogP contribution in [0.1, 0.15) is 69.7 Å². The fourth-order valence-corrected chi connectivity index (χ4v) is 3.95. The third-order valence-electron chi connectivity index (χ3n) is 5.55. The molecule has 2 nitrogen and oxygen atoms in total. The van der Waals surface area contributed by atoms with E-state index in [0.717, 1.165) is 38.5 Å². The second-order valence-corrected chi connectivity index (χ2v) is 6.87. The summed E-state index contributed by atoms with van der Waals surface area (Å²) >= 11 is 0. The molecule has 1 aromatic heterocycles. The first kappa shape index (κ1) is 14.7. The van der Waals surface area contributed by atoms with Crippen LogP contribution in [0.2, 0.25) is 0 Å². The molecule has 0 aliphatic heterocycles. The van der Waals surface area contributed by atoms with Gasteiger partial charge in [0.05, 0.1) is 0 Å². The van der Waals surface area contributed by atoms with E-state index < -0.39 is 0 Å². The lowest BCUT2D eigenvalue weighted by Crippen LogP contribution is -2.23. The summed E-state index contributed by atoms with van der Waals surface area (Å²) in [4.78, 5) is 17.2. The highest BCUT2D eigenvalue weighted by Crippen LogP contribution is 2.46. The van der Waals surface area contributed by atoms with E-state index in [2.05, 4.69) is 32.0 Å². The van der Waals surface area contributed by atoms with Crippen molar-refractivity contribution in [3.63, 3.8) is 0 Å². The number of carbonyl (C=O) groups is 1. The molecule has 2 saturated carbocycles. The van der Waals surface area contributed by atoms with Gasteiger partial charge in [0.2, 0.25) is 0 Å². The first-order chi connectivity index (χ1) is 10.2. The number of carbonyl (C=O) groups excluding carboxylic acids is 1. The highest BCUT2D eigenvalue weighted by molar-refractivity contribution is 5.86. The molecule has 0 saturated heterocycles. The standard InChI is InChI=1S/C19H27NO/c1-3-13-12-17(13)19(21)15-10-8-14(9-11-15)18-7-5-6-16(4-2)20-18/h5-7,13-15,17H,3-4,8-12H2,1-2H3. The van der Waals surface area contributed by atoms with Crippen molar-refractivity contribution in [3.8, 4) is 0 Å². The molecule has 2 heteroatoms. The molecule has 0 spiro atoms. The maximum Gasteiger partial charge on any atom is 0.139 e. The van der Waals surface area contributed by atoms with Gasteiger partial charge in [-0.05, 0) is 56.6 Å². The maximum absolute atomic E-state index is 12.5. The number of Topliss-reactive ketones (excluding diaryl/α,β-unsaturated/α-hetero) is 1. The predicted octanol–water partition coefficient (Wildman–Crippen LogP) is 4.53. The number of hydrogen-bond acceptors (Lipinski definition) is 2. The first-order valence-corrected chi connectivity index (χ1v) is 8.72. The number of ketones is 1. The van der Waals surface area contributed by atoms with Crippen molar-refractivity contribution < 1.29 is 4.79 Å². The number of pyridine rings is 1. The predicted molar refractivity (Wildman–Crippen MR) is 85.2 cm³/mol. The van der Waals surface area contributed by atoms with Crippen LogP contribution in [-0.4, -0.2) is 10.8 Å². The average molecular weight is 285 g/mol. The molecule has 21 heavy (non-hydrogen) atoms. The number of nitrogens with zero attached hydrogens (tertiary/aromatic N) is 1. The molecule has 114 valence electrons. The second kappa shape index (κ2) is 6.29. The third-order valence-corrected chi connectivity index (χ3v) is 5.55. The van der Waals surface area contributed by atoms with Gasteiger partial charge in [-0.1, -0.05) is 26.3 Å². The summed E-state index contributed by atoms with van der Waals surface area (Å²) in [5.74, 6) is 2.62. The zero-order valence-electron chi connectivity index (χ0n) is 13.3. The first-order valence-electron chi connectivity index (χ1n) is 8.72. The van der Waals surface area contributed by atoms with Crippen molar-refractivity contribution in [3.05, 3.63) is 29.6 Å². The van der Waals surface area contributed by atoms with Crippen molar-refractivity contribution in [1.82, 2.24) is 4.98 Å². The SMILES string of the molecule is CCc1cccc(C2CCC(C(=O)C3CC3CC)CC2)n1. The summed E-state index contributed by atoms with van der Waals surface area (Å²) in [5.41, 5.74) is 2.44. The summed E-state index contributed by atoms with van der Waals surface area (Å²) in [6.45, 7) is 4.36. The Balaban J connectivity index is 1.56. The fraction of sp³-hybridized carbons (Fsp3) is 0.684. The smallest absolute Gasteiger partial charge is 0.139 e. The van der Waals surface area contributed by atoms with Crippen molar-refractivity contribution in [2.45, 2.75) is 64.7 Å². The van der Waals surface area contributed by atoms with Gasteiger partial charge in [0, 0.05) is 29.1 Å². The van der Waals surface area contributed by atoms with Crippen LogP contribution >= 0.6 is 0 Å². The maximum atomic E-state index is 12.5. The number of aromatic nitrogens is 1. The Morgan fingerprint density at radius 3 is 2.57 bits per heavy atom. The molecule has 1 heterocycles. The van der Waals surface area contributed by atoms with Crippen LogP contribution in [0.5, 0.6) is 0 Å². The van der Waals surface area contributed by atoms with Crippen molar-refractivity contribution in [1.29, 1.82) is 0 Å². The molecule has 2 unspecified atom stereocenters. The zero-order valence-corrected chi connectivity index (χ0v) is 13.3. The molecule has 0 radical (unpaired) electrons. The highest BCUT2D eigenvalue weighted by atomic mass is 16.1. The van der Waals surface area contributed by atoms with Gasteiger partial charge in [0.1, 0.15) is 5.78 Å². The number of aryl methyl sites for hydroxylation is 1. The van der Waals surface area contributed by atoms with Crippen LogP contribution in [0.3, 0.4) is 0 Å². The van der Waals surface area contributed by atoms with Gasteiger partial charge in [-0.2, -0.15) is 0 Å². The molecule has 0 aromatic carbocycles. The van der Waals surface area contributed by atoms with Crippen LogP contribution in [0, 0.1) is 17.8 Å². The molecule has 2 aliphatic rings. The van der Waals surface area contributed by atoms with Gasteiger partial charge in [-0.3, -0.25) is 9.78 Å². The summed E-state index contributed by atoms with van der Waals surface area (Å²) in [7, 11) is 0. The van der Waals surface area contributed by atoms with Gasteiger partial charge in [-0.25, -0.2) is 0 Å². The van der Waals surface area contributed by atoms with Crippen LogP contribution in [0.25, 0.3) is 0 Å². The van der Waals surface area contributed by atoms with E-state index in [-0.39, 0.29) is 0 Å². The van der Waals surface area contributed by atoms with Crippen LogP contribution in [0.4, 0.5) is 0 Å². The van der Waals surface area contributed by atoms with E-state index in [1.165, 1.54) is 17.8 Å². The number of rotatable bonds is 5. The van der Waals surface area contributed by atoms with E-state index in [4.69, 9.17) is 4.98 Å². The lowest BCUT2D eigenvalue weighted by molar-refractivity contribution is -0.125. The van der Waals surface area contributed by atoms with Crippen LogP contribution in [0.15, 0.2) is 18.2 Å². The summed E-state index contributed by atoms with van der Waals surface area (Å²) in [5, 5.41) is 0. The van der Waals surface area contributed by atoms with Gasteiger partial charge in [0.15, 0.2) is 0 Å². The Morgan fingerprint density at radius 2 is 1.95 bits per heavy atom. The molecule has 0 amide bonds. The Bertz CT molecular complexity index is 502. The summed E-state index contributed by atoms with van der Waals surface area (Å²) < 4.78 is 0. The molecule has 3 rings (SSSR count). The highest BCUT2D eigenvalue weighted by Gasteiger charge is 2.44. The summed E-state index contributed by atoms with van der Waals surface area (Å²) in [6.07, 6.45) is 7.78. The monoisotopic (exact) mass is 285 g/mol. The zero-order chi connectivity index (χ0) is 14.8. The van der Waals surface area contributed by atoms with E-state index in [1.54, 1.807) is 0 Å². The normalized spacial score (nSPS) is 31.9. The largest absolute Gasteiger partial charge is 0.299 e. The topological polar surface area (TPSA) is 30.0 Å². The lowest BCUT2D eigenvalue weighted by atomic mass is 9.77. The van der Waals surface area contributed by atoms with Crippen molar-refractivity contribution >= 4 is 5.78 Å². The molecule has 2 aliphatic carbocycles. The second-order valence-electron chi connectivity index (χ2n) is 6.87. The minimum atomic E-state index is 0.345. The van der Waals surface area contributed by atoms with E-state index >= 15 is 0 Å². The molecule has 2 atom stereocenters. The number of hydrogen-bond donors (Lipinski definition) is 0. The molecular formula is C19H27NO. The average Bonchev–Trinajstić information content (AvgIpc) is 3.34. The molecule has 0 bridgehead atoms. The molecule has 1 aromatic rings. The summed E-state index contributed by atoms with van der Waals surface area (Å²) in [6, 6.07) is 6.41. The minimum Gasteiger partial charge on any atom is -0.299 e. The van der Waals surface area contributed by atoms with E-state index in [9.17, 15) is 4.79 Å². The van der Waals surface area contributed by atoms with Gasteiger partial charge < -0.3 is 0 Å². The molecule has 2 fully saturated rings. The quantitative estimate of drug-likeness (QED) is 0.795. The van der Waals surface area contributed by atoms with Gasteiger partial charge in [-0.15, -0.1) is 0 Å². The van der Waals surface area contributed by atoms with E-state index in [0.29, 0.717) is 29.5 Å². The Hall–Kier alpha value is -1.18.